The minimum Gasteiger partial charge on any atom is -0.467 e. The number of aromatic nitrogens is 2. The van der Waals surface area contributed by atoms with E-state index in [0.29, 0.717) is 21.7 Å². The minimum absolute atomic E-state index is 0.195. The number of rotatable bonds is 5. The highest BCUT2D eigenvalue weighted by molar-refractivity contribution is 7.17. The van der Waals surface area contributed by atoms with Crippen LogP contribution < -0.4 is 16.6 Å². The number of nitrogens with zero attached hydrogens (tertiary/aromatic N) is 2. The molecule has 4 aromatic rings. The SMILES string of the molecule is Cc1ccccc1-n1c(=O)c2sccc2n(CC(=O)NCc2ccco2)c1=O. The average molecular weight is 395 g/mol. The first-order chi connectivity index (χ1) is 13.6. The number of furan rings is 1. The number of amides is 1. The number of benzene rings is 1. The van der Waals surface area contributed by atoms with Crippen molar-refractivity contribution in [1.82, 2.24) is 14.5 Å². The second-order valence-corrected chi connectivity index (χ2v) is 7.20. The average Bonchev–Trinajstić information content (AvgIpc) is 3.37. The summed E-state index contributed by atoms with van der Waals surface area (Å²) in [5, 5.41) is 4.47. The maximum absolute atomic E-state index is 13.2. The summed E-state index contributed by atoms with van der Waals surface area (Å²) in [6.07, 6.45) is 1.53. The molecule has 0 aliphatic heterocycles. The van der Waals surface area contributed by atoms with Crippen LogP contribution in [0.2, 0.25) is 0 Å². The Kier molecular flexibility index (Phi) is 4.70. The molecule has 0 atom stereocenters. The van der Waals surface area contributed by atoms with Crippen molar-refractivity contribution in [2.45, 2.75) is 20.0 Å². The molecule has 0 unspecified atom stereocenters. The Bertz CT molecular complexity index is 1260. The summed E-state index contributed by atoms with van der Waals surface area (Å²) in [7, 11) is 0. The fourth-order valence-electron chi connectivity index (χ4n) is 3.07. The zero-order valence-electron chi connectivity index (χ0n) is 15.0. The van der Waals surface area contributed by atoms with Gasteiger partial charge in [0.15, 0.2) is 0 Å². The van der Waals surface area contributed by atoms with Gasteiger partial charge in [-0.2, -0.15) is 0 Å². The normalized spacial score (nSPS) is 11.0. The summed E-state index contributed by atoms with van der Waals surface area (Å²) in [4.78, 5) is 38.5. The van der Waals surface area contributed by atoms with Gasteiger partial charge < -0.3 is 9.73 Å². The highest BCUT2D eigenvalue weighted by Gasteiger charge is 2.18. The molecular weight excluding hydrogens is 378 g/mol. The van der Waals surface area contributed by atoms with Crippen LogP contribution in [-0.4, -0.2) is 15.0 Å². The van der Waals surface area contributed by atoms with Gasteiger partial charge in [0.1, 0.15) is 17.0 Å². The molecule has 1 N–H and O–H groups in total. The van der Waals surface area contributed by atoms with Crippen molar-refractivity contribution in [2.24, 2.45) is 0 Å². The predicted octanol–water partition coefficient (Wildman–Crippen LogP) is 2.43. The highest BCUT2D eigenvalue weighted by atomic mass is 32.1. The fourth-order valence-corrected chi connectivity index (χ4v) is 3.89. The van der Waals surface area contributed by atoms with Crippen LogP contribution in [0.3, 0.4) is 0 Å². The van der Waals surface area contributed by atoms with Crippen LogP contribution in [0.4, 0.5) is 0 Å². The standard InChI is InChI=1S/C20H17N3O4S/c1-13-5-2-3-7-15(13)23-19(25)18-16(8-10-28-18)22(20(23)26)12-17(24)21-11-14-6-4-9-27-14/h2-10H,11-12H2,1H3,(H,21,24). The maximum Gasteiger partial charge on any atom is 0.336 e. The highest BCUT2D eigenvalue weighted by Crippen LogP contribution is 2.17. The van der Waals surface area contributed by atoms with Gasteiger partial charge in [-0.05, 0) is 42.1 Å². The molecular formula is C20H17N3O4S. The van der Waals surface area contributed by atoms with Gasteiger partial charge in [0.05, 0.1) is 24.0 Å². The summed E-state index contributed by atoms with van der Waals surface area (Å²) in [5.74, 6) is 0.271. The van der Waals surface area contributed by atoms with Gasteiger partial charge in [0.25, 0.3) is 5.56 Å². The van der Waals surface area contributed by atoms with Gasteiger partial charge >= 0.3 is 5.69 Å². The summed E-state index contributed by atoms with van der Waals surface area (Å²) in [6.45, 7) is 1.87. The van der Waals surface area contributed by atoms with Crippen molar-refractivity contribution in [2.75, 3.05) is 0 Å². The summed E-state index contributed by atoms with van der Waals surface area (Å²) >= 11 is 1.25. The van der Waals surface area contributed by atoms with E-state index in [4.69, 9.17) is 4.42 Å². The minimum atomic E-state index is -0.543. The molecule has 0 bridgehead atoms. The van der Waals surface area contributed by atoms with Crippen molar-refractivity contribution in [3.63, 3.8) is 0 Å². The van der Waals surface area contributed by atoms with Gasteiger partial charge in [-0.1, -0.05) is 18.2 Å². The predicted molar refractivity (Wildman–Crippen MR) is 107 cm³/mol. The van der Waals surface area contributed by atoms with Gasteiger partial charge in [-0.25, -0.2) is 9.36 Å². The third-order valence-electron chi connectivity index (χ3n) is 4.45. The summed E-state index contributed by atoms with van der Waals surface area (Å²) in [6, 6.07) is 12.3. The van der Waals surface area contributed by atoms with Crippen LogP contribution in [0.15, 0.2) is 68.1 Å². The number of hydrogen-bond acceptors (Lipinski definition) is 5. The van der Waals surface area contributed by atoms with E-state index < -0.39 is 5.69 Å². The van der Waals surface area contributed by atoms with Crippen LogP contribution in [0.1, 0.15) is 11.3 Å². The number of para-hydroxylation sites is 1. The van der Waals surface area contributed by atoms with Crippen molar-refractivity contribution >= 4 is 27.5 Å². The lowest BCUT2D eigenvalue weighted by Crippen LogP contribution is -2.41. The first-order valence-corrected chi connectivity index (χ1v) is 9.52. The molecule has 4 rings (SSSR count). The van der Waals surface area contributed by atoms with E-state index in [-0.39, 0.29) is 24.6 Å². The first kappa shape index (κ1) is 18.0. The Morgan fingerprint density at radius 1 is 1.14 bits per heavy atom. The molecule has 0 aliphatic carbocycles. The number of carbonyl (C=O) groups is 1. The molecule has 1 amide bonds. The lowest BCUT2D eigenvalue weighted by molar-refractivity contribution is -0.121. The Balaban J connectivity index is 1.77. The van der Waals surface area contributed by atoms with E-state index in [1.807, 2.05) is 19.1 Å². The molecule has 3 aromatic heterocycles. The third kappa shape index (κ3) is 3.18. The van der Waals surface area contributed by atoms with Crippen molar-refractivity contribution in [3.8, 4) is 5.69 Å². The second-order valence-electron chi connectivity index (χ2n) is 6.29. The van der Waals surface area contributed by atoms with Gasteiger partial charge in [-0.15, -0.1) is 11.3 Å². The summed E-state index contributed by atoms with van der Waals surface area (Å²) in [5.41, 5.74) is 0.844. The molecule has 8 heteroatoms. The van der Waals surface area contributed by atoms with E-state index in [0.717, 1.165) is 10.1 Å². The van der Waals surface area contributed by atoms with Crippen LogP contribution in [0, 0.1) is 6.92 Å². The number of carbonyl (C=O) groups excluding carboxylic acids is 1. The Hall–Kier alpha value is -3.39. The van der Waals surface area contributed by atoms with E-state index >= 15 is 0 Å². The first-order valence-electron chi connectivity index (χ1n) is 8.64. The zero-order valence-corrected chi connectivity index (χ0v) is 15.9. The number of fused-ring (bicyclic) bond motifs is 1. The lowest BCUT2D eigenvalue weighted by atomic mass is 10.2. The molecule has 0 saturated carbocycles. The van der Waals surface area contributed by atoms with Crippen molar-refractivity contribution in [1.29, 1.82) is 0 Å². The molecule has 3 heterocycles. The molecule has 142 valence electrons. The molecule has 7 nitrogen and oxygen atoms in total. The lowest BCUT2D eigenvalue weighted by Gasteiger charge is -2.13. The van der Waals surface area contributed by atoms with Crippen molar-refractivity contribution < 1.29 is 9.21 Å². The molecule has 0 spiro atoms. The smallest absolute Gasteiger partial charge is 0.336 e. The fraction of sp³-hybridized carbons (Fsp3) is 0.150. The van der Waals surface area contributed by atoms with E-state index in [1.165, 1.54) is 22.2 Å². The Morgan fingerprint density at radius 2 is 1.96 bits per heavy atom. The van der Waals surface area contributed by atoms with Crippen LogP contribution in [0.5, 0.6) is 0 Å². The zero-order chi connectivity index (χ0) is 19.7. The Labute approximate surface area is 163 Å². The molecule has 0 radical (unpaired) electrons. The molecule has 28 heavy (non-hydrogen) atoms. The monoisotopic (exact) mass is 395 g/mol. The number of aryl methyl sites for hydroxylation is 1. The van der Waals surface area contributed by atoms with Gasteiger partial charge in [0, 0.05) is 0 Å². The number of nitrogens with one attached hydrogen (secondary N) is 1. The van der Waals surface area contributed by atoms with Crippen LogP contribution in [0.25, 0.3) is 15.9 Å². The Morgan fingerprint density at radius 3 is 2.71 bits per heavy atom. The topological polar surface area (TPSA) is 86.2 Å². The van der Waals surface area contributed by atoms with Crippen molar-refractivity contribution in [3.05, 3.63) is 86.3 Å². The maximum atomic E-state index is 13.2. The second kappa shape index (κ2) is 7.32. The van der Waals surface area contributed by atoms with E-state index in [9.17, 15) is 14.4 Å². The van der Waals surface area contributed by atoms with Gasteiger partial charge in [0.2, 0.25) is 5.91 Å². The molecule has 0 fully saturated rings. The van der Waals surface area contributed by atoms with Gasteiger partial charge in [-0.3, -0.25) is 14.2 Å². The molecule has 0 aliphatic rings. The van der Waals surface area contributed by atoms with Crippen LogP contribution >= 0.6 is 11.3 Å². The number of thiophene rings is 1. The summed E-state index contributed by atoms with van der Waals surface area (Å²) < 4.78 is 8.09. The largest absolute Gasteiger partial charge is 0.467 e. The quantitative estimate of drug-likeness (QED) is 0.562. The van der Waals surface area contributed by atoms with E-state index in [1.54, 1.807) is 35.7 Å². The molecule has 1 aromatic carbocycles. The molecule has 0 saturated heterocycles. The van der Waals surface area contributed by atoms with Crippen LogP contribution in [-0.2, 0) is 17.9 Å². The van der Waals surface area contributed by atoms with E-state index in [2.05, 4.69) is 5.32 Å². The third-order valence-corrected chi connectivity index (χ3v) is 5.34. The number of hydrogen-bond donors (Lipinski definition) is 1.